The lowest BCUT2D eigenvalue weighted by atomic mass is 10.0. The number of halogens is 1. The van der Waals surface area contributed by atoms with Crippen LogP contribution < -0.4 is 16.5 Å². The molecule has 1 aromatic rings. The van der Waals surface area contributed by atoms with Crippen molar-refractivity contribution in [1.29, 1.82) is 0 Å². The molecule has 0 aliphatic carbocycles. The van der Waals surface area contributed by atoms with Gasteiger partial charge in [-0.25, -0.2) is 0 Å². The Labute approximate surface area is 155 Å². The highest BCUT2D eigenvalue weighted by atomic mass is 35.5. The van der Waals surface area contributed by atoms with E-state index in [1.165, 1.54) is 12.3 Å². The number of hydrogen-bond donors (Lipinski definition) is 3. The Balaban J connectivity index is 2.83. The zero-order valence-corrected chi connectivity index (χ0v) is 15.3. The van der Waals surface area contributed by atoms with Gasteiger partial charge in [0.1, 0.15) is 18.2 Å². The monoisotopic (exact) mass is 387 g/mol. The van der Waals surface area contributed by atoms with Crippen molar-refractivity contribution in [3.63, 3.8) is 0 Å². The van der Waals surface area contributed by atoms with E-state index in [0.717, 1.165) is 5.01 Å². The quantitative estimate of drug-likeness (QED) is 0.394. The number of rotatable bonds is 9. The molecule has 0 aliphatic rings. The van der Waals surface area contributed by atoms with Crippen molar-refractivity contribution in [2.24, 2.45) is 11.7 Å². The predicted octanol–water partition coefficient (Wildman–Crippen LogP) is -0.207. The number of nitrogens with one attached hydrogen (secondary N) is 2. The summed E-state index contributed by atoms with van der Waals surface area (Å²) in [6.45, 7) is 3.62. The molecule has 4 amide bonds. The van der Waals surface area contributed by atoms with Crippen LogP contribution in [0, 0.1) is 5.92 Å². The predicted molar refractivity (Wildman–Crippen MR) is 91.6 cm³/mol. The maximum absolute atomic E-state index is 12.5. The molecule has 1 atom stereocenters. The Morgan fingerprint density at radius 3 is 2.54 bits per heavy atom. The van der Waals surface area contributed by atoms with Crippen LogP contribution >= 0.6 is 11.6 Å². The van der Waals surface area contributed by atoms with Crippen LogP contribution in [-0.2, 0) is 14.4 Å². The summed E-state index contributed by atoms with van der Waals surface area (Å²) in [7, 11) is 0. The third-order valence-corrected chi connectivity index (χ3v) is 3.47. The van der Waals surface area contributed by atoms with E-state index in [4.69, 9.17) is 17.3 Å². The summed E-state index contributed by atoms with van der Waals surface area (Å²) in [5, 5.41) is 6.96. The number of nitrogens with zero attached hydrogens (tertiary/aromatic N) is 2. The Bertz CT molecular complexity index is 634. The van der Waals surface area contributed by atoms with Crippen LogP contribution in [0.3, 0.4) is 0 Å². The van der Waals surface area contributed by atoms with E-state index < -0.39 is 29.7 Å². The van der Waals surface area contributed by atoms with Gasteiger partial charge in [0.2, 0.25) is 5.91 Å². The Hall–Kier alpha value is -2.62. The van der Waals surface area contributed by atoms with Crippen LogP contribution in [0.2, 0.25) is 0 Å². The van der Waals surface area contributed by atoms with Gasteiger partial charge in [-0.05, 0) is 12.3 Å². The van der Waals surface area contributed by atoms with E-state index in [-0.39, 0.29) is 30.5 Å². The molecule has 0 saturated heterocycles. The average molecular weight is 388 g/mol. The fourth-order valence-corrected chi connectivity index (χ4v) is 2.16. The number of primary amides is 1. The second kappa shape index (κ2) is 10.4. The smallest absolute Gasteiger partial charge is 0.274 e. The third-order valence-electron chi connectivity index (χ3n) is 3.24. The molecule has 0 fully saturated rings. The minimum absolute atomic E-state index is 0.0222. The van der Waals surface area contributed by atoms with Crippen LogP contribution in [0.25, 0.3) is 0 Å². The van der Waals surface area contributed by atoms with E-state index in [1.807, 2.05) is 13.8 Å². The van der Waals surface area contributed by atoms with Crippen molar-refractivity contribution >= 4 is 35.2 Å². The molecule has 4 N–H and O–H groups in total. The molecule has 1 heterocycles. The molecule has 1 aromatic heterocycles. The van der Waals surface area contributed by atoms with Gasteiger partial charge in [-0.3, -0.25) is 29.6 Å². The van der Waals surface area contributed by atoms with Gasteiger partial charge in [0.05, 0.1) is 6.54 Å². The second-order valence-corrected chi connectivity index (χ2v) is 6.18. The number of hydrogen-bond acceptors (Lipinski definition) is 6. The lowest BCUT2D eigenvalue weighted by Crippen LogP contribution is -2.55. The fraction of sp³-hybridized carbons (Fsp3) is 0.533. The lowest BCUT2D eigenvalue weighted by Gasteiger charge is -2.26. The summed E-state index contributed by atoms with van der Waals surface area (Å²) < 4.78 is 4.60. The third kappa shape index (κ3) is 7.09. The molecule has 0 unspecified atom stereocenters. The van der Waals surface area contributed by atoms with Gasteiger partial charge in [-0.15, -0.1) is 11.6 Å². The first kappa shape index (κ1) is 21.4. The average Bonchev–Trinajstić information content (AvgIpc) is 3.11. The van der Waals surface area contributed by atoms with Gasteiger partial charge in [-0.2, -0.15) is 0 Å². The van der Waals surface area contributed by atoms with E-state index in [0.29, 0.717) is 6.42 Å². The number of amides is 4. The summed E-state index contributed by atoms with van der Waals surface area (Å²) in [6.07, 6.45) is 1.40. The molecule has 0 spiro atoms. The van der Waals surface area contributed by atoms with Crippen molar-refractivity contribution in [2.75, 3.05) is 12.4 Å². The SMILES string of the molecule is CC(C)C[C@@H](NC(=O)c1ccon1)C(=O)NN(CCC(N)=O)C(=O)CCl. The van der Waals surface area contributed by atoms with Crippen LogP contribution in [-0.4, -0.2) is 52.3 Å². The van der Waals surface area contributed by atoms with Crippen molar-refractivity contribution in [3.8, 4) is 0 Å². The maximum atomic E-state index is 12.5. The molecule has 144 valence electrons. The van der Waals surface area contributed by atoms with E-state index in [1.54, 1.807) is 0 Å². The highest BCUT2D eigenvalue weighted by Crippen LogP contribution is 2.07. The first-order valence-electron chi connectivity index (χ1n) is 7.91. The molecular formula is C15H22ClN5O5. The minimum atomic E-state index is -0.932. The standard InChI is InChI=1S/C15H22ClN5O5/c1-9(2)7-11(18-14(24)10-4-6-26-20-10)15(25)19-21(13(23)8-16)5-3-12(17)22/h4,6,9,11H,3,5,7-8H2,1-2H3,(H2,17,22)(H,18,24)(H,19,25)/t11-/m1/s1. The van der Waals surface area contributed by atoms with Gasteiger partial charge in [0.15, 0.2) is 5.69 Å². The van der Waals surface area contributed by atoms with Crippen molar-refractivity contribution < 1.29 is 23.7 Å². The molecule has 0 bridgehead atoms. The van der Waals surface area contributed by atoms with Gasteiger partial charge < -0.3 is 15.6 Å². The van der Waals surface area contributed by atoms with Gasteiger partial charge >= 0.3 is 0 Å². The summed E-state index contributed by atoms with van der Waals surface area (Å²) >= 11 is 5.51. The topological polar surface area (TPSA) is 148 Å². The molecular weight excluding hydrogens is 366 g/mol. The first-order chi connectivity index (χ1) is 12.2. The number of aromatic nitrogens is 1. The Morgan fingerprint density at radius 2 is 2.04 bits per heavy atom. The molecule has 0 radical (unpaired) electrons. The zero-order valence-electron chi connectivity index (χ0n) is 14.5. The molecule has 26 heavy (non-hydrogen) atoms. The zero-order chi connectivity index (χ0) is 19.7. The lowest BCUT2D eigenvalue weighted by molar-refractivity contribution is -0.141. The minimum Gasteiger partial charge on any atom is -0.370 e. The Morgan fingerprint density at radius 1 is 1.35 bits per heavy atom. The van der Waals surface area contributed by atoms with Gasteiger partial charge in [-0.1, -0.05) is 19.0 Å². The summed E-state index contributed by atoms with van der Waals surface area (Å²) in [6, 6.07) is 0.425. The number of hydrazine groups is 1. The largest absolute Gasteiger partial charge is 0.370 e. The van der Waals surface area contributed by atoms with Gasteiger partial charge in [0, 0.05) is 12.5 Å². The second-order valence-electron chi connectivity index (χ2n) is 5.91. The Kier molecular flexibility index (Phi) is 8.56. The number of nitrogens with two attached hydrogens (primary N) is 1. The van der Waals surface area contributed by atoms with Crippen molar-refractivity contribution in [3.05, 3.63) is 18.0 Å². The number of carbonyl (C=O) groups is 4. The van der Waals surface area contributed by atoms with Crippen molar-refractivity contribution in [2.45, 2.75) is 32.7 Å². The highest BCUT2D eigenvalue weighted by Gasteiger charge is 2.26. The van der Waals surface area contributed by atoms with Crippen LogP contribution in [0.1, 0.15) is 37.2 Å². The first-order valence-corrected chi connectivity index (χ1v) is 8.44. The molecule has 11 heteroatoms. The van der Waals surface area contributed by atoms with Crippen LogP contribution in [0.4, 0.5) is 0 Å². The van der Waals surface area contributed by atoms with E-state index in [9.17, 15) is 19.2 Å². The van der Waals surface area contributed by atoms with Gasteiger partial charge in [0.25, 0.3) is 17.7 Å². The van der Waals surface area contributed by atoms with E-state index in [2.05, 4.69) is 20.4 Å². The van der Waals surface area contributed by atoms with Crippen molar-refractivity contribution in [1.82, 2.24) is 20.9 Å². The summed E-state index contributed by atoms with van der Waals surface area (Å²) in [5.41, 5.74) is 7.46. The van der Waals surface area contributed by atoms with Crippen LogP contribution in [0.15, 0.2) is 16.9 Å². The number of alkyl halides is 1. The maximum Gasteiger partial charge on any atom is 0.274 e. The fourth-order valence-electron chi connectivity index (χ4n) is 2.01. The summed E-state index contributed by atoms with van der Waals surface area (Å²) in [5.74, 6) is -2.77. The molecule has 0 aliphatic heterocycles. The number of carbonyl (C=O) groups excluding carboxylic acids is 4. The molecule has 1 rings (SSSR count). The summed E-state index contributed by atoms with van der Waals surface area (Å²) in [4.78, 5) is 47.4. The molecule has 10 nitrogen and oxygen atoms in total. The molecule has 0 saturated carbocycles. The van der Waals surface area contributed by atoms with E-state index >= 15 is 0 Å². The molecule has 0 aromatic carbocycles. The van der Waals surface area contributed by atoms with Crippen LogP contribution in [0.5, 0.6) is 0 Å². The normalized spacial score (nSPS) is 11.7. The highest BCUT2D eigenvalue weighted by molar-refractivity contribution is 6.27.